The molecular weight excluding hydrogens is 348 g/mol. The van der Waals surface area contributed by atoms with E-state index in [4.69, 9.17) is 9.84 Å². The molecule has 0 aliphatic heterocycles. The Kier molecular flexibility index (Phi) is 5.72. The lowest BCUT2D eigenvalue weighted by molar-refractivity contribution is 0.242. The molecule has 0 spiro atoms. The van der Waals surface area contributed by atoms with Gasteiger partial charge in [-0.25, -0.2) is 13.5 Å². The van der Waals surface area contributed by atoms with Crippen LogP contribution in [0.4, 0.5) is 8.78 Å². The fourth-order valence-corrected chi connectivity index (χ4v) is 3.74. The minimum Gasteiger partial charge on any atom is -0.473 e. The van der Waals surface area contributed by atoms with Crippen molar-refractivity contribution in [3.05, 3.63) is 47.2 Å². The van der Waals surface area contributed by atoms with E-state index < -0.39 is 11.6 Å². The van der Waals surface area contributed by atoms with Crippen LogP contribution in [0.25, 0.3) is 0 Å². The maximum Gasteiger partial charge on any atom is 0.212 e. The first-order valence-electron chi connectivity index (χ1n) is 10.0. The zero-order chi connectivity index (χ0) is 18.6. The van der Waals surface area contributed by atoms with E-state index in [-0.39, 0.29) is 12.2 Å². The fraction of sp³-hybridized carbons (Fsp3) is 0.571. The molecule has 146 valence electrons. The zero-order valence-corrected chi connectivity index (χ0v) is 15.6. The topological polar surface area (TPSA) is 39.1 Å². The second-order valence-electron chi connectivity index (χ2n) is 7.84. The molecule has 2 aliphatic rings. The number of nitrogens with zero attached hydrogens (tertiary/aromatic N) is 2. The van der Waals surface area contributed by atoms with Gasteiger partial charge in [0, 0.05) is 30.8 Å². The molecule has 1 aromatic heterocycles. The second-order valence-corrected chi connectivity index (χ2v) is 7.84. The Balaban J connectivity index is 1.46. The SMILES string of the molecule is Fc1ccc(F)c(COc2cc(CNC3CC3)nn2CC2CCCCC2)c1. The van der Waals surface area contributed by atoms with Crippen molar-refractivity contribution in [1.29, 1.82) is 0 Å². The van der Waals surface area contributed by atoms with Crippen molar-refractivity contribution in [2.45, 2.75) is 70.7 Å². The van der Waals surface area contributed by atoms with Crippen molar-refractivity contribution in [3.63, 3.8) is 0 Å². The first kappa shape index (κ1) is 18.4. The molecule has 2 aromatic rings. The largest absolute Gasteiger partial charge is 0.473 e. The maximum absolute atomic E-state index is 13.9. The summed E-state index contributed by atoms with van der Waals surface area (Å²) in [5.74, 6) is 0.332. The molecule has 1 aromatic carbocycles. The highest BCUT2D eigenvalue weighted by molar-refractivity contribution is 5.21. The van der Waals surface area contributed by atoms with Crippen molar-refractivity contribution < 1.29 is 13.5 Å². The standard InChI is InChI=1S/C21H27F2N3O/c22-17-6-9-20(23)16(10-17)14-27-21-11-19(12-24-18-7-8-18)25-26(21)13-15-4-2-1-3-5-15/h6,9-11,15,18,24H,1-5,7-8,12-14H2. The third-order valence-electron chi connectivity index (χ3n) is 5.48. The van der Waals surface area contributed by atoms with Gasteiger partial charge in [0.2, 0.25) is 5.88 Å². The van der Waals surface area contributed by atoms with Crippen LogP contribution in [0.5, 0.6) is 5.88 Å². The summed E-state index contributed by atoms with van der Waals surface area (Å²) in [4.78, 5) is 0. The van der Waals surface area contributed by atoms with Gasteiger partial charge in [0.1, 0.15) is 18.2 Å². The summed E-state index contributed by atoms with van der Waals surface area (Å²) in [6.45, 7) is 1.53. The van der Waals surface area contributed by atoms with Gasteiger partial charge in [0.05, 0.1) is 5.69 Å². The Morgan fingerprint density at radius 2 is 1.89 bits per heavy atom. The molecule has 0 radical (unpaired) electrons. The summed E-state index contributed by atoms with van der Waals surface area (Å²) < 4.78 is 35.1. The van der Waals surface area contributed by atoms with E-state index in [1.807, 2.05) is 10.7 Å². The van der Waals surface area contributed by atoms with Gasteiger partial charge in [0.15, 0.2) is 0 Å². The normalized spacial score (nSPS) is 18.0. The molecule has 1 N–H and O–H groups in total. The number of hydrogen-bond acceptors (Lipinski definition) is 3. The summed E-state index contributed by atoms with van der Waals surface area (Å²) in [6, 6.07) is 5.98. The molecule has 2 aliphatic carbocycles. The molecule has 0 unspecified atom stereocenters. The van der Waals surface area contributed by atoms with Crippen LogP contribution in [0.3, 0.4) is 0 Å². The van der Waals surface area contributed by atoms with Gasteiger partial charge >= 0.3 is 0 Å². The molecule has 1 heterocycles. The van der Waals surface area contributed by atoms with Crippen molar-refractivity contribution in [3.8, 4) is 5.88 Å². The predicted octanol–water partition coefficient (Wildman–Crippen LogP) is 4.57. The average molecular weight is 375 g/mol. The average Bonchev–Trinajstić information content (AvgIpc) is 3.43. The first-order valence-corrected chi connectivity index (χ1v) is 10.0. The molecule has 0 atom stereocenters. The molecular formula is C21H27F2N3O. The highest BCUT2D eigenvalue weighted by atomic mass is 19.1. The number of benzene rings is 1. The van der Waals surface area contributed by atoms with Crippen LogP contribution < -0.4 is 10.1 Å². The minimum atomic E-state index is -0.458. The lowest BCUT2D eigenvalue weighted by Crippen LogP contribution is -2.18. The fourth-order valence-electron chi connectivity index (χ4n) is 3.74. The molecule has 0 amide bonds. The highest BCUT2D eigenvalue weighted by Crippen LogP contribution is 2.27. The van der Waals surface area contributed by atoms with Crippen molar-refractivity contribution in [2.75, 3.05) is 0 Å². The van der Waals surface area contributed by atoms with Crippen molar-refractivity contribution in [2.24, 2.45) is 5.92 Å². The Labute approximate surface area is 158 Å². The van der Waals surface area contributed by atoms with Gasteiger partial charge in [-0.05, 0) is 49.8 Å². The van der Waals surface area contributed by atoms with Crippen molar-refractivity contribution >= 4 is 0 Å². The van der Waals surface area contributed by atoms with Crippen LogP contribution in [-0.2, 0) is 19.7 Å². The number of aromatic nitrogens is 2. The van der Waals surface area contributed by atoms with Crippen LogP contribution in [0, 0.1) is 17.6 Å². The quantitative estimate of drug-likeness (QED) is 0.734. The van der Waals surface area contributed by atoms with Gasteiger partial charge in [-0.3, -0.25) is 0 Å². The highest BCUT2D eigenvalue weighted by Gasteiger charge is 2.22. The Morgan fingerprint density at radius 3 is 2.67 bits per heavy atom. The van der Waals surface area contributed by atoms with Gasteiger partial charge < -0.3 is 10.1 Å². The molecule has 6 heteroatoms. The molecule has 0 saturated heterocycles. The van der Waals surface area contributed by atoms with Gasteiger partial charge in [-0.2, -0.15) is 5.10 Å². The van der Waals surface area contributed by atoms with Crippen LogP contribution in [-0.4, -0.2) is 15.8 Å². The van der Waals surface area contributed by atoms with Gasteiger partial charge in [-0.15, -0.1) is 0 Å². The van der Waals surface area contributed by atoms with Crippen LogP contribution >= 0.6 is 0 Å². The van der Waals surface area contributed by atoms with E-state index in [0.717, 1.165) is 24.4 Å². The lowest BCUT2D eigenvalue weighted by Gasteiger charge is -2.22. The summed E-state index contributed by atoms with van der Waals surface area (Å²) >= 11 is 0. The number of rotatable bonds is 8. The van der Waals surface area contributed by atoms with Crippen LogP contribution in [0.2, 0.25) is 0 Å². The molecule has 27 heavy (non-hydrogen) atoms. The number of hydrogen-bond donors (Lipinski definition) is 1. The number of nitrogens with one attached hydrogen (secondary N) is 1. The molecule has 4 rings (SSSR count). The molecule has 4 nitrogen and oxygen atoms in total. The van der Waals surface area contributed by atoms with Crippen LogP contribution in [0.1, 0.15) is 56.2 Å². The summed E-state index contributed by atoms with van der Waals surface area (Å²) in [7, 11) is 0. The Hall–Kier alpha value is -1.95. The Bertz CT molecular complexity index is 767. The summed E-state index contributed by atoms with van der Waals surface area (Å²) in [5.41, 5.74) is 1.16. The third-order valence-corrected chi connectivity index (χ3v) is 5.48. The van der Waals surface area contributed by atoms with Crippen molar-refractivity contribution in [1.82, 2.24) is 15.1 Å². The number of halogens is 2. The summed E-state index contributed by atoms with van der Waals surface area (Å²) in [5, 5.41) is 8.18. The minimum absolute atomic E-state index is 0.00452. The monoisotopic (exact) mass is 375 g/mol. The van der Waals surface area contributed by atoms with E-state index in [0.29, 0.717) is 24.4 Å². The smallest absolute Gasteiger partial charge is 0.212 e. The van der Waals surface area contributed by atoms with Crippen LogP contribution in [0.15, 0.2) is 24.3 Å². The van der Waals surface area contributed by atoms with E-state index in [1.54, 1.807) is 0 Å². The van der Waals surface area contributed by atoms with E-state index >= 15 is 0 Å². The molecule has 2 saturated carbocycles. The molecule has 2 fully saturated rings. The number of ether oxygens (including phenoxy) is 1. The lowest BCUT2D eigenvalue weighted by atomic mass is 9.89. The second kappa shape index (κ2) is 8.38. The van der Waals surface area contributed by atoms with E-state index in [9.17, 15) is 8.78 Å². The summed E-state index contributed by atoms with van der Waals surface area (Å²) in [6.07, 6.45) is 8.74. The van der Waals surface area contributed by atoms with Gasteiger partial charge in [0.25, 0.3) is 0 Å². The van der Waals surface area contributed by atoms with E-state index in [1.165, 1.54) is 51.0 Å². The van der Waals surface area contributed by atoms with E-state index in [2.05, 4.69) is 5.32 Å². The maximum atomic E-state index is 13.9. The zero-order valence-electron chi connectivity index (χ0n) is 15.6. The Morgan fingerprint density at radius 1 is 1.07 bits per heavy atom. The molecule has 0 bridgehead atoms. The third kappa shape index (κ3) is 5.06. The predicted molar refractivity (Wildman–Crippen MR) is 99.4 cm³/mol. The van der Waals surface area contributed by atoms with Gasteiger partial charge in [-0.1, -0.05) is 19.3 Å². The first-order chi connectivity index (χ1) is 13.2.